The second kappa shape index (κ2) is 17.5. The molecule has 0 fully saturated rings. The molecule has 0 bridgehead atoms. The second-order valence-corrected chi connectivity index (χ2v) is 13.9. The summed E-state index contributed by atoms with van der Waals surface area (Å²) in [5.74, 6) is -4.61. The molecule has 3 rings (SSSR count). The van der Waals surface area contributed by atoms with E-state index in [1.165, 1.54) is 38.1 Å². The molecule has 0 aliphatic carbocycles. The Balaban J connectivity index is 1.75. The summed E-state index contributed by atoms with van der Waals surface area (Å²) in [7, 11) is 0. The van der Waals surface area contributed by atoms with Gasteiger partial charge < -0.3 is 40.8 Å². The van der Waals surface area contributed by atoms with E-state index in [4.69, 9.17) is 9.15 Å². The third-order valence-corrected chi connectivity index (χ3v) is 7.71. The van der Waals surface area contributed by atoms with Gasteiger partial charge in [0, 0.05) is 36.6 Å². The molecule has 6 N–H and O–H groups in total. The normalized spacial score (nSPS) is 13.6. The number of amides is 5. The minimum atomic E-state index is -1.44. The number of phenols is 1. The summed E-state index contributed by atoms with van der Waals surface area (Å²) in [6.45, 7) is 12.7. The highest BCUT2D eigenvalue weighted by Gasteiger charge is 2.32. The van der Waals surface area contributed by atoms with Gasteiger partial charge in [-0.15, -0.1) is 0 Å². The molecule has 1 heterocycles. The molecule has 0 saturated carbocycles. The van der Waals surface area contributed by atoms with Gasteiger partial charge >= 0.3 is 11.6 Å². The molecule has 5 amide bonds. The first-order valence-electron chi connectivity index (χ1n) is 16.8. The predicted octanol–water partition coefficient (Wildman–Crippen LogP) is 2.36. The van der Waals surface area contributed by atoms with Crippen LogP contribution in [0.5, 0.6) is 5.75 Å². The van der Waals surface area contributed by atoms with Crippen LogP contribution in [0.15, 0.2) is 57.7 Å². The van der Waals surface area contributed by atoms with Gasteiger partial charge in [0.1, 0.15) is 41.1 Å². The molecule has 4 atom stereocenters. The summed E-state index contributed by atoms with van der Waals surface area (Å²) in [5, 5.41) is 23.1. The van der Waals surface area contributed by atoms with Gasteiger partial charge in [0.2, 0.25) is 29.5 Å². The lowest BCUT2D eigenvalue weighted by atomic mass is 10.0. The molecule has 0 aliphatic rings. The smallest absolute Gasteiger partial charge is 0.336 e. The Morgan fingerprint density at radius 3 is 2.06 bits per heavy atom. The Hall–Kier alpha value is -5.73. The topological polar surface area (TPSA) is 222 Å². The van der Waals surface area contributed by atoms with Gasteiger partial charge in [-0.1, -0.05) is 26.0 Å². The number of fused-ring (bicyclic) bond motifs is 1. The molecule has 1 aromatic heterocycles. The Morgan fingerprint density at radius 1 is 0.808 bits per heavy atom. The van der Waals surface area contributed by atoms with Crippen LogP contribution in [0.25, 0.3) is 11.0 Å². The van der Waals surface area contributed by atoms with Crippen LogP contribution in [0.2, 0.25) is 0 Å². The van der Waals surface area contributed by atoms with Crippen molar-refractivity contribution < 1.29 is 43.0 Å². The molecule has 0 saturated heterocycles. The number of aromatic hydroxyl groups is 1. The first kappa shape index (κ1) is 40.7. The van der Waals surface area contributed by atoms with Crippen molar-refractivity contribution in [2.45, 2.75) is 98.0 Å². The number of rotatable bonds is 14. The summed E-state index contributed by atoms with van der Waals surface area (Å²) in [6, 6.07) is 7.24. The van der Waals surface area contributed by atoms with E-state index < -0.39 is 83.2 Å². The van der Waals surface area contributed by atoms with E-state index >= 15 is 0 Å². The first-order chi connectivity index (χ1) is 24.2. The molecular weight excluding hydrogens is 674 g/mol. The molecule has 15 heteroatoms. The van der Waals surface area contributed by atoms with Crippen molar-refractivity contribution in [3.63, 3.8) is 0 Å². The summed E-state index contributed by atoms with van der Waals surface area (Å²) in [5.41, 5.74) is 0.333. The number of ether oxygens (including phenoxy) is 1. The zero-order chi connectivity index (χ0) is 38.9. The van der Waals surface area contributed by atoms with Crippen LogP contribution >= 0.6 is 0 Å². The predicted molar refractivity (Wildman–Crippen MR) is 192 cm³/mol. The van der Waals surface area contributed by atoms with Crippen molar-refractivity contribution in [3.8, 4) is 5.75 Å². The molecule has 2 aromatic carbocycles. The Kier molecular flexibility index (Phi) is 13.7. The van der Waals surface area contributed by atoms with Crippen molar-refractivity contribution in [2.75, 3.05) is 5.32 Å². The number of phenolic OH excluding ortho intramolecular Hbond substituents is 1. The van der Waals surface area contributed by atoms with E-state index in [1.54, 1.807) is 65.8 Å². The number of carbonyl (C=O) groups excluding carboxylic acids is 6. The number of aryl methyl sites for hydroxylation is 1. The van der Waals surface area contributed by atoms with Crippen molar-refractivity contribution in [1.29, 1.82) is 0 Å². The fourth-order valence-electron chi connectivity index (χ4n) is 5.17. The van der Waals surface area contributed by atoms with Crippen molar-refractivity contribution in [2.24, 2.45) is 5.92 Å². The van der Waals surface area contributed by atoms with Crippen LogP contribution in [0.4, 0.5) is 5.69 Å². The van der Waals surface area contributed by atoms with E-state index in [0.29, 0.717) is 16.5 Å². The van der Waals surface area contributed by atoms with Gasteiger partial charge in [0.05, 0.1) is 6.42 Å². The maximum atomic E-state index is 13.5. The molecule has 0 aliphatic heterocycles. The first-order valence-corrected chi connectivity index (χ1v) is 16.8. The SMILES string of the molecule is CC(=O)NC(Cc1ccc(O)cc1)C(=O)NC(C(=O)NC(C)C(=O)NC(CC(=O)OC(C)(C)C)C(=O)Nc1ccc2c(C)cc(=O)oc2c1)C(C)C. The maximum Gasteiger partial charge on any atom is 0.336 e. The van der Waals surface area contributed by atoms with Gasteiger partial charge in [-0.3, -0.25) is 28.8 Å². The molecule has 4 unspecified atom stereocenters. The van der Waals surface area contributed by atoms with Gasteiger partial charge in [0.25, 0.3) is 0 Å². The van der Waals surface area contributed by atoms with Crippen LogP contribution in [-0.2, 0) is 39.9 Å². The summed E-state index contributed by atoms with van der Waals surface area (Å²) in [4.78, 5) is 90.2. The van der Waals surface area contributed by atoms with Crippen LogP contribution in [0, 0.1) is 12.8 Å². The molecule has 3 aromatic rings. The lowest BCUT2D eigenvalue weighted by Gasteiger charge is -2.27. The molecule has 0 spiro atoms. The van der Waals surface area contributed by atoms with Gasteiger partial charge in [-0.25, -0.2) is 4.79 Å². The fraction of sp³-hybridized carbons (Fsp3) is 0.432. The summed E-state index contributed by atoms with van der Waals surface area (Å²) in [6.07, 6.45) is -0.473. The van der Waals surface area contributed by atoms with E-state index in [2.05, 4.69) is 26.6 Å². The number of esters is 1. The van der Waals surface area contributed by atoms with Crippen molar-refractivity contribution in [1.82, 2.24) is 21.3 Å². The molecule has 0 radical (unpaired) electrons. The zero-order valence-corrected chi connectivity index (χ0v) is 30.5. The maximum absolute atomic E-state index is 13.5. The van der Waals surface area contributed by atoms with Crippen LogP contribution < -0.4 is 32.2 Å². The monoisotopic (exact) mass is 721 g/mol. The Bertz CT molecular complexity index is 1860. The van der Waals surface area contributed by atoms with Crippen molar-refractivity contribution in [3.05, 3.63) is 70.1 Å². The van der Waals surface area contributed by atoms with Crippen LogP contribution in [0.1, 0.15) is 66.0 Å². The van der Waals surface area contributed by atoms with E-state index in [0.717, 1.165) is 0 Å². The zero-order valence-electron chi connectivity index (χ0n) is 30.5. The Morgan fingerprint density at radius 2 is 1.46 bits per heavy atom. The number of hydrogen-bond acceptors (Lipinski definition) is 10. The summed E-state index contributed by atoms with van der Waals surface area (Å²) < 4.78 is 10.6. The van der Waals surface area contributed by atoms with Gasteiger partial charge in [-0.2, -0.15) is 0 Å². The average Bonchev–Trinajstić information content (AvgIpc) is 3.02. The highest BCUT2D eigenvalue weighted by Crippen LogP contribution is 2.21. The number of hydrogen-bond donors (Lipinski definition) is 6. The Labute approximate surface area is 301 Å². The van der Waals surface area contributed by atoms with E-state index in [1.807, 2.05) is 0 Å². The number of carbonyl (C=O) groups is 6. The number of benzene rings is 2. The third kappa shape index (κ3) is 12.2. The molecular formula is C37H47N5O10. The summed E-state index contributed by atoms with van der Waals surface area (Å²) >= 11 is 0. The number of anilines is 1. The molecule has 52 heavy (non-hydrogen) atoms. The van der Waals surface area contributed by atoms with Crippen molar-refractivity contribution >= 4 is 52.2 Å². The molecule has 15 nitrogen and oxygen atoms in total. The minimum Gasteiger partial charge on any atom is -0.508 e. The second-order valence-electron chi connectivity index (χ2n) is 13.9. The largest absolute Gasteiger partial charge is 0.508 e. The van der Waals surface area contributed by atoms with Crippen LogP contribution in [-0.4, -0.2) is 70.4 Å². The minimum absolute atomic E-state index is 0.0342. The quantitative estimate of drug-likeness (QED) is 0.105. The third-order valence-electron chi connectivity index (χ3n) is 7.71. The van der Waals surface area contributed by atoms with E-state index in [9.17, 15) is 38.7 Å². The highest BCUT2D eigenvalue weighted by atomic mass is 16.6. The number of nitrogens with one attached hydrogen (secondary N) is 5. The van der Waals surface area contributed by atoms with Crippen LogP contribution in [0.3, 0.4) is 0 Å². The van der Waals surface area contributed by atoms with Gasteiger partial charge in [-0.05, 0) is 75.9 Å². The van der Waals surface area contributed by atoms with Gasteiger partial charge in [0.15, 0.2) is 0 Å². The fourth-order valence-corrected chi connectivity index (χ4v) is 5.17. The lowest BCUT2D eigenvalue weighted by molar-refractivity contribution is -0.156. The lowest BCUT2D eigenvalue weighted by Crippen LogP contribution is -2.59. The highest BCUT2D eigenvalue weighted by molar-refractivity contribution is 6.01. The standard InChI is InChI=1S/C37H47N5O10/c1-19(2)32(42-35(49)27(39-22(5)43)16-23-9-12-25(44)13-10-23)36(50)38-21(4)33(47)41-28(18-31(46)52-37(6,7)8)34(48)40-24-11-14-26-20(3)15-30(45)51-29(26)17-24/h9-15,17,19,21,27-28,32,44H,16,18H2,1-8H3,(H,38,50)(H,39,43)(H,40,48)(H,41,47)(H,42,49). The molecule has 280 valence electrons. The average molecular weight is 722 g/mol. The van der Waals surface area contributed by atoms with E-state index in [-0.39, 0.29) is 23.4 Å².